The number of carbonyl (C=O) groups excluding carboxylic acids is 1. The lowest BCUT2D eigenvalue weighted by Gasteiger charge is -2.24. The van der Waals surface area contributed by atoms with Crippen molar-refractivity contribution in [3.63, 3.8) is 0 Å². The smallest absolute Gasteiger partial charge is 0.417 e. The van der Waals surface area contributed by atoms with Gasteiger partial charge in [-0.3, -0.25) is 9.10 Å². The first kappa shape index (κ1) is 20.0. The molecule has 2 aromatic rings. The van der Waals surface area contributed by atoms with Crippen LogP contribution >= 0.6 is 11.6 Å². The van der Waals surface area contributed by atoms with E-state index in [2.05, 4.69) is 9.72 Å². The summed E-state index contributed by atoms with van der Waals surface area (Å²) < 4.78 is 69.5. The highest BCUT2D eigenvalue weighted by Gasteiger charge is 2.35. The number of anilines is 1. The fourth-order valence-electron chi connectivity index (χ4n) is 1.97. The Balaban J connectivity index is 2.65. The fraction of sp³-hybridized carbons (Fsp3) is 0.200. The van der Waals surface area contributed by atoms with Crippen LogP contribution in [0.3, 0.4) is 0 Å². The summed E-state index contributed by atoms with van der Waals surface area (Å²) in [5.74, 6) is -0.988. The number of hydrogen-bond acceptors (Lipinski definition) is 5. The Morgan fingerprint density at radius 2 is 1.88 bits per heavy atom. The van der Waals surface area contributed by atoms with Gasteiger partial charge in [0.15, 0.2) is 5.15 Å². The second kappa shape index (κ2) is 7.50. The SMILES string of the molecule is COC(=O)CN(c1cc(C(F)(F)F)cnc1Cl)S(=O)(=O)c1ccccc1. The molecule has 0 aliphatic heterocycles. The van der Waals surface area contributed by atoms with Crippen molar-refractivity contribution >= 4 is 33.3 Å². The zero-order valence-electron chi connectivity index (χ0n) is 13.2. The summed E-state index contributed by atoms with van der Waals surface area (Å²) in [6.07, 6.45) is -4.31. The lowest BCUT2D eigenvalue weighted by Crippen LogP contribution is -2.36. The highest BCUT2D eigenvalue weighted by atomic mass is 35.5. The van der Waals surface area contributed by atoms with Crippen molar-refractivity contribution in [2.75, 3.05) is 18.0 Å². The number of benzene rings is 1. The third kappa shape index (κ3) is 4.25. The lowest BCUT2D eigenvalue weighted by molar-refractivity contribution is -0.139. The van der Waals surface area contributed by atoms with Crippen LogP contribution in [0, 0.1) is 0 Å². The Morgan fingerprint density at radius 1 is 1.27 bits per heavy atom. The van der Waals surface area contributed by atoms with Gasteiger partial charge in [-0.2, -0.15) is 13.2 Å². The number of esters is 1. The minimum absolute atomic E-state index is 0.239. The van der Waals surface area contributed by atoms with E-state index in [1.807, 2.05) is 0 Å². The Bertz CT molecular complexity index is 905. The van der Waals surface area contributed by atoms with Crippen LogP contribution < -0.4 is 4.31 Å². The highest BCUT2D eigenvalue weighted by molar-refractivity contribution is 7.92. The molecular formula is C15H12ClF3N2O4S. The molecule has 1 heterocycles. The van der Waals surface area contributed by atoms with E-state index in [4.69, 9.17) is 11.6 Å². The number of pyridine rings is 1. The average molecular weight is 409 g/mol. The lowest BCUT2D eigenvalue weighted by atomic mass is 10.2. The van der Waals surface area contributed by atoms with Crippen LogP contribution in [0.15, 0.2) is 47.5 Å². The van der Waals surface area contributed by atoms with Gasteiger partial charge in [-0.05, 0) is 18.2 Å². The van der Waals surface area contributed by atoms with Crippen molar-refractivity contribution in [3.8, 4) is 0 Å². The fourth-order valence-corrected chi connectivity index (χ4v) is 3.65. The van der Waals surface area contributed by atoms with E-state index in [9.17, 15) is 26.4 Å². The van der Waals surface area contributed by atoms with Gasteiger partial charge in [0.05, 0.1) is 23.3 Å². The molecule has 140 valence electrons. The minimum atomic E-state index is -4.78. The second-order valence-electron chi connectivity index (χ2n) is 4.93. The van der Waals surface area contributed by atoms with Crippen LogP contribution in [0.1, 0.15) is 5.56 Å². The summed E-state index contributed by atoms with van der Waals surface area (Å²) in [6, 6.07) is 7.38. The van der Waals surface area contributed by atoms with Crippen molar-refractivity contribution in [1.82, 2.24) is 4.98 Å². The molecule has 11 heteroatoms. The molecule has 1 aromatic heterocycles. The third-order valence-corrected chi connectivity index (χ3v) is 5.31. The molecule has 0 amide bonds. The maximum Gasteiger partial charge on any atom is 0.417 e. The van der Waals surface area contributed by atoms with Gasteiger partial charge in [0.2, 0.25) is 0 Å². The number of aromatic nitrogens is 1. The molecule has 0 N–H and O–H groups in total. The standard InChI is InChI=1S/C15H12ClF3N2O4S/c1-25-13(22)9-21(26(23,24)11-5-3-2-4-6-11)12-7-10(15(17,18)19)8-20-14(12)16/h2-8H,9H2,1H3. The van der Waals surface area contributed by atoms with E-state index in [1.165, 1.54) is 24.3 Å². The summed E-state index contributed by atoms with van der Waals surface area (Å²) in [4.78, 5) is 14.8. The summed E-state index contributed by atoms with van der Waals surface area (Å²) in [6.45, 7) is -0.879. The largest absolute Gasteiger partial charge is 0.468 e. The van der Waals surface area contributed by atoms with Crippen LogP contribution in [-0.2, 0) is 25.7 Å². The van der Waals surface area contributed by atoms with Gasteiger partial charge in [-0.25, -0.2) is 13.4 Å². The molecule has 0 aliphatic rings. The summed E-state index contributed by atoms with van der Waals surface area (Å²) in [7, 11) is -3.39. The number of nitrogens with zero attached hydrogens (tertiary/aromatic N) is 2. The summed E-state index contributed by atoms with van der Waals surface area (Å²) in [5.41, 5.74) is -1.80. The zero-order chi connectivity index (χ0) is 19.5. The average Bonchev–Trinajstić information content (AvgIpc) is 2.59. The molecule has 0 radical (unpaired) electrons. The maximum atomic E-state index is 13.0. The first-order chi connectivity index (χ1) is 12.1. The maximum absolute atomic E-state index is 13.0. The quantitative estimate of drug-likeness (QED) is 0.561. The van der Waals surface area contributed by atoms with Crippen molar-refractivity contribution in [3.05, 3.63) is 53.3 Å². The van der Waals surface area contributed by atoms with Crippen molar-refractivity contribution in [2.24, 2.45) is 0 Å². The molecule has 0 atom stereocenters. The predicted molar refractivity (Wildman–Crippen MR) is 87.2 cm³/mol. The number of carbonyl (C=O) groups is 1. The van der Waals surface area contributed by atoms with E-state index in [0.29, 0.717) is 16.6 Å². The first-order valence-electron chi connectivity index (χ1n) is 6.94. The number of halogens is 4. The molecule has 0 spiro atoms. The van der Waals surface area contributed by atoms with Gasteiger partial charge >= 0.3 is 12.1 Å². The Labute approximate surface area is 152 Å². The monoisotopic (exact) mass is 408 g/mol. The van der Waals surface area contributed by atoms with Gasteiger partial charge in [-0.1, -0.05) is 29.8 Å². The van der Waals surface area contributed by atoms with Crippen LogP contribution in [-0.4, -0.2) is 33.0 Å². The number of methoxy groups -OCH3 is 1. The topological polar surface area (TPSA) is 76.6 Å². The molecule has 0 bridgehead atoms. The molecule has 0 unspecified atom stereocenters. The second-order valence-corrected chi connectivity index (χ2v) is 7.15. The summed E-state index contributed by atoms with van der Waals surface area (Å²) >= 11 is 5.82. The van der Waals surface area contributed by atoms with Gasteiger partial charge in [0.1, 0.15) is 6.54 Å². The van der Waals surface area contributed by atoms with Crippen molar-refractivity contribution < 1.29 is 31.1 Å². The van der Waals surface area contributed by atoms with Gasteiger partial charge in [0, 0.05) is 6.20 Å². The molecule has 1 aromatic carbocycles. The van der Waals surface area contributed by atoms with Crippen LogP contribution in [0.25, 0.3) is 0 Å². The molecule has 6 nitrogen and oxygen atoms in total. The number of sulfonamides is 1. The first-order valence-corrected chi connectivity index (χ1v) is 8.76. The zero-order valence-corrected chi connectivity index (χ0v) is 14.8. The predicted octanol–water partition coefficient (Wildman–Crippen LogP) is 3.12. The van der Waals surface area contributed by atoms with E-state index >= 15 is 0 Å². The highest BCUT2D eigenvalue weighted by Crippen LogP contribution is 2.35. The number of hydrogen-bond donors (Lipinski definition) is 0. The van der Waals surface area contributed by atoms with E-state index in [0.717, 1.165) is 7.11 Å². The van der Waals surface area contributed by atoms with Gasteiger partial charge in [-0.15, -0.1) is 0 Å². The van der Waals surface area contributed by atoms with E-state index < -0.39 is 45.1 Å². The van der Waals surface area contributed by atoms with Crippen molar-refractivity contribution in [2.45, 2.75) is 11.1 Å². The molecule has 0 saturated heterocycles. The number of alkyl halides is 3. The van der Waals surface area contributed by atoms with Gasteiger partial charge in [0.25, 0.3) is 10.0 Å². The van der Waals surface area contributed by atoms with Crippen molar-refractivity contribution in [1.29, 1.82) is 0 Å². The molecule has 0 aliphatic carbocycles. The van der Waals surface area contributed by atoms with Gasteiger partial charge < -0.3 is 4.74 Å². The normalized spacial score (nSPS) is 11.9. The Morgan fingerprint density at radius 3 is 2.42 bits per heavy atom. The molecule has 2 rings (SSSR count). The molecule has 26 heavy (non-hydrogen) atoms. The van der Waals surface area contributed by atoms with Crippen LogP contribution in [0.4, 0.5) is 18.9 Å². The van der Waals surface area contributed by atoms with E-state index in [1.54, 1.807) is 6.07 Å². The molecule has 0 saturated carbocycles. The Kier molecular flexibility index (Phi) is 5.77. The Hall–Kier alpha value is -2.33. The number of rotatable bonds is 5. The van der Waals surface area contributed by atoms with Crippen LogP contribution in [0.2, 0.25) is 5.15 Å². The minimum Gasteiger partial charge on any atom is -0.468 e. The van der Waals surface area contributed by atoms with Crippen LogP contribution in [0.5, 0.6) is 0 Å². The molecular weight excluding hydrogens is 397 g/mol. The van der Waals surface area contributed by atoms with E-state index in [-0.39, 0.29) is 4.90 Å². The third-order valence-electron chi connectivity index (χ3n) is 3.25. The molecule has 0 fully saturated rings. The number of ether oxygens (including phenoxy) is 1. The summed E-state index contributed by atoms with van der Waals surface area (Å²) in [5, 5.41) is -0.513.